The van der Waals surface area contributed by atoms with Gasteiger partial charge in [-0.3, -0.25) is 0 Å². The molecule has 0 atom stereocenters. The van der Waals surface area contributed by atoms with Crippen LogP contribution in [-0.4, -0.2) is 22.7 Å². The summed E-state index contributed by atoms with van der Waals surface area (Å²) in [6, 6.07) is 0. The van der Waals surface area contributed by atoms with E-state index in [1.165, 1.54) is 19.9 Å². The molecule has 0 fully saturated rings. The van der Waals surface area contributed by atoms with E-state index < -0.39 is 9.04 Å². The lowest BCUT2D eigenvalue weighted by Crippen LogP contribution is -2.07. The van der Waals surface area contributed by atoms with Gasteiger partial charge in [0.1, 0.15) is 0 Å². The Morgan fingerprint density at radius 2 is 1.80 bits per heavy atom. The molecule has 0 radical (unpaired) electrons. The monoisotopic (exact) mass is 163 g/mol. The summed E-state index contributed by atoms with van der Waals surface area (Å²) < 4.78 is 5.42. The van der Waals surface area contributed by atoms with Crippen LogP contribution in [0.15, 0.2) is 0 Å². The predicted octanol–water partition coefficient (Wildman–Crippen LogP) is 1.36. The van der Waals surface area contributed by atoms with Gasteiger partial charge in [-0.15, -0.1) is 0 Å². The SMILES string of the molecule is CCCCO[SiH](C)C.CN. The second-order valence-corrected chi connectivity index (χ2v) is 4.70. The lowest BCUT2D eigenvalue weighted by atomic mass is 10.4. The van der Waals surface area contributed by atoms with Crippen LogP contribution in [0.25, 0.3) is 0 Å². The Morgan fingerprint density at radius 1 is 1.30 bits per heavy atom. The van der Waals surface area contributed by atoms with E-state index in [-0.39, 0.29) is 0 Å². The Hall–Kier alpha value is 0.137. The molecular formula is C7H21NOSi. The molecular weight excluding hydrogens is 142 g/mol. The summed E-state index contributed by atoms with van der Waals surface area (Å²) in [5, 5.41) is 0. The largest absolute Gasteiger partial charge is 0.421 e. The fourth-order valence-corrected chi connectivity index (χ4v) is 1.10. The van der Waals surface area contributed by atoms with Gasteiger partial charge >= 0.3 is 0 Å². The highest BCUT2D eigenvalue weighted by Crippen LogP contribution is 1.89. The third-order valence-electron chi connectivity index (χ3n) is 0.949. The van der Waals surface area contributed by atoms with Gasteiger partial charge in [-0.25, -0.2) is 0 Å². The van der Waals surface area contributed by atoms with E-state index in [1.54, 1.807) is 0 Å². The van der Waals surface area contributed by atoms with Crippen molar-refractivity contribution in [2.24, 2.45) is 5.73 Å². The zero-order valence-corrected chi connectivity index (χ0v) is 8.84. The average molecular weight is 163 g/mol. The van der Waals surface area contributed by atoms with E-state index in [2.05, 4.69) is 25.8 Å². The minimum Gasteiger partial charge on any atom is -0.421 e. The van der Waals surface area contributed by atoms with Crippen LogP contribution >= 0.6 is 0 Å². The second-order valence-electron chi connectivity index (χ2n) is 2.27. The highest BCUT2D eigenvalue weighted by atomic mass is 28.3. The summed E-state index contributed by atoms with van der Waals surface area (Å²) in [7, 11) is 0.798. The quantitative estimate of drug-likeness (QED) is 0.502. The molecule has 0 aliphatic rings. The van der Waals surface area contributed by atoms with Crippen LogP contribution in [0.4, 0.5) is 0 Å². The molecule has 0 saturated carbocycles. The smallest absolute Gasteiger partial charge is 0.170 e. The maximum Gasteiger partial charge on any atom is 0.170 e. The van der Waals surface area contributed by atoms with Crippen LogP contribution in [0.5, 0.6) is 0 Å². The molecule has 0 aliphatic carbocycles. The molecule has 64 valence electrons. The van der Waals surface area contributed by atoms with Crippen LogP contribution in [0.2, 0.25) is 13.1 Å². The second kappa shape index (κ2) is 11.9. The van der Waals surface area contributed by atoms with Crippen molar-refractivity contribution in [3.63, 3.8) is 0 Å². The lowest BCUT2D eigenvalue weighted by molar-refractivity contribution is 0.317. The maximum absolute atomic E-state index is 5.42. The van der Waals surface area contributed by atoms with Gasteiger partial charge in [0.2, 0.25) is 0 Å². The summed E-state index contributed by atoms with van der Waals surface area (Å²) in [6.07, 6.45) is 2.48. The molecule has 0 rings (SSSR count). The molecule has 10 heavy (non-hydrogen) atoms. The fourth-order valence-electron chi connectivity index (χ4n) is 0.463. The van der Waals surface area contributed by atoms with Crippen LogP contribution < -0.4 is 5.73 Å². The Bertz CT molecular complexity index is 50.9. The molecule has 0 saturated heterocycles. The van der Waals surface area contributed by atoms with Crippen molar-refractivity contribution in [1.29, 1.82) is 0 Å². The van der Waals surface area contributed by atoms with Crippen molar-refractivity contribution in [2.45, 2.75) is 32.9 Å². The Labute approximate surface area is 66.5 Å². The average Bonchev–Trinajstić information content (AvgIpc) is 1.92. The fraction of sp³-hybridized carbons (Fsp3) is 1.00. The molecule has 0 unspecified atom stereocenters. The first kappa shape index (κ1) is 12.8. The van der Waals surface area contributed by atoms with Gasteiger partial charge < -0.3 is 10.2 Å². The minimum absolute atomic E-state index is 0.702. The standard InChI is InChI=1S/C6H16OSi.CH5N/c1-4-5-6-7-8(2)3;1-2/h8H,4-6H2,1-3H3;2H2,1H3. The van der Waals surface area contributed by atoms with Crippen molar-refractivity contribution in [2.75, 3.05) is 13.7 Å². The molecule has 2 N–H and O–H groups in total. The van der Waals surface area contributed by atoms with Crippen molar-refractivity contribution in [3.05, 3.63) is 0 Å². The lowest BCUT2D eigenvalue weighted by Gasteiger charge is -2.03. The molecule has 3 heteroatoms. The van der Waals surface area contributed by atoms with Gasteiger partial charge in [-0.2, -0.15) is 0 Å². The van der Waals surface area contributed by atoms with E-state index in [9.17, 15) is 0 Å². The van der Waals surface area contributed by atoms with Gasteiger partial charge in [0, 0.05) is 6.61 Å². The molecule has 0 aromatic heterocycles. The van der Waals surface area contributed by atoms with E-state index in [0.29, 0.717) is 0 Å². The molecule has 0 aliphatic heterocycles. The third kappa shape index (κ3) is 15.7. The molecule has 0 aromatic rings. The minimum atomic E-state index is -0.702. The Morgan fingerprint density at radius 3 is 2.10 bits per heavy atom. The summed E-state index contributed by atoms with van der Waals surface area (Å²) in [6.45, 7) is 7.58. The first-order valence-electron chi connectivity index (χ1n) is 3.96. The number of unbranched alkanes of at least 4 members (excludes halogenated alkanes) is 1. The number of hydrogen-bond donors (Lipinski definition) is 1. The topological polar surface area (TPSA) is 35.2 Å². The highest BCUT2D eigenvalue weighted by molar-refractivity contribution is 6.48. The zero-order chi connectivity index (χ0) is 8.41. The first-order chi connectivity index (χ1) is 4.77. The van der Waals surface area contributed by atoms with E-state index in [1.807, 2.05) is 0 Å². The molecule has 0 bridgehead atoms. The zero-order valence-electron chi connectivity index (χ0n) is 7.68. The molecule has 0 amide bonds. The molecule has 2 nitrogen and oxygen atoms in total. The van der Waals surface area contributed by atoms with Crippen molar-refractivity contribution in [1.82, 2.24) is 0 Å². The van der Waals surface area contributed by atoms with Crippen molar-refractivity contribution in [3.8, 4) is 0 Å². The summed E-state index contributed by atoms with van der Waals surface area (Å²) >= 11 is 0. The number of nitrogens with two attached hydrogens (primary N) is 1. The Balaban J connectivity index is 0. The van der Waals surface area contributed by atoms with E-state index in [4.69, 9.17) is 4.43 Å². The highest BCUT2D eigenvalue weighted by Gasteiger charge is 1.91. The van der Waals surface area contributed by atoms with Gasteiger partial charge in [0.25, 0.3) is 0 Å². The maximum atomic E-state index is 5.42. The first-order valence-corrected chi connectivity index (χ1v) is 6.74. The van der Waals surface area contributed by atoms with Crippen LogP contribution in [-0.2, 0) is 4.43 Å². The van der Waals surface area contributed by atoms with Gasteiger partial charge in [-0.1, -0.05) is 13.3 Å². The van der Waals surface area contributed by atoms with Crippen LogP contribution in [0.3, 0.4) is 0 Å². The van der Waals surface area contributed by atoms with Gasteiger partial charge in [0.15, 0.2) is 9.04 Å². The van der Waals surface area contributed by atoms with Crippen molar-refractivity contribution >= 4 is 9.04 Å². The molecule has 0 aromatic carbocycles. The number of rotatable bonds is 4. The third-order valence-corrected chi connectivity index (χ3v) is 1.85. The van der Waals surface area contributed by atoms with Crippen molar-refractivity contribution < 1.29 is 4.43 Å². The summed E-state index contributed by atoms with van der Waals surface area (Å²) in [4.78, 5) is 0. The van der Waals surface area contributed by atoms with Gasteiger partial charge in [-0.05, 0) is 26.6 Å². The molecule has 0 heterocycles. The summed E-state index contributed by atoms with van der Waals surface area (Å²) in [5.74, 6) is 0. The van der Waals surface area contributed by atoms with Gasteiger partial charge in [0.05, 0.1) is 0 Å². The van der Waals surface area contributed by atoms with Crippen LogP contribution in [0.1, 0.15) is 19.8 Å². The Kier molecular flexibility index (Phi) is 15.2. The predicted molar refractivity (Wildman–Crippen MR) is 49.8 cm³/mol. The summed E-state index contributed by atoms with van der Waals surface area (Å²) in [5.41, 5.74) is 4.50. The van der Waals surface area contributed by atoms with Crippen LogP contribution in [0, 0.1) is 0 Å². The number of hydrogen-bond acceptors (Lipinski definition) is 2. The normalized spacial score (nSPS) is 9.00. The van der Waals surface area contributed by atoms with E-state index in [0.717, 1.165) is 6.61 Å². The molecule has 0 spiro atoms. The van der Waals surface area contributed by atoms with E-state index >= 15 is 0 Å².